The molecule has 0 radical (unpaired) electrons. The third-order valence-electron chi connectivity index (χ3n) is 5.15. The number of aromatic nitrogens is 3. The SMILES string of the molecule is Nc1ccc(-c2ccccc2)cc1NC(=O)CCc1cn(Cc2cccc(C(=O)O)c2)nn1. The van der Waals surface area contributed by atoms with Crippen molar-refractivity contribution in [1.82, 2.24) is 15.0 Å². The zero-order valence-electron chi connectivity index (χ0n) is 17.8. The summed E-state index contributed by atoms with van der Waals surface area (Å²) in [6.07, 6.45) is 2.40. The Bertz CT molecular complexity index is 1280. The van der Waals surface area contributed by atoms with Gasteiger partial charge in [-0.3, -0.25) is 4.79 Å². The minimum absolute atomic E-state index is 0.171. The molecule has 4 rings (SSSR count). The van der Waals surface area contributed by atoms with Crippen LogP contribution in [0, 0.1) is 0 Å². The van der Waals surface area contributed by atoms with Crippen molar-refractivity contribution in [2.75, 3.05) is 11.1 Å². The first-order chi connectivity index (χ1) is 16.0. The summed E-state index contributed by atoms with van der Waals surface area (Å²) < 4.78 is 1.62. The van der Waals surface area contributed by atoms with Crippen molar-refractivity contribution in [2.45, 2.75) is 19.4 Å². The van der Waals surface area contributed by atoms with Crippen LogP contribution in [0.25, 0.3) is 11.1 Å². The number of carbonyl (C=O) groups is 2. The lowest BCUT2D eigenvalue weighted by Gasteiger charge is -2.10. The van der Waals surface area contributed by atoms with Gasteiger partial charge in [0.25, 0.3) is 0 Å². The molecular formula is C25H23N5O3. The van der Waals surface area contributed by atoms with Crippen LogP contribution in [0.2, 0.25) is 0 Å². The number of carboxylic acids is 1. The fourth-order valence-corrected chi connectivity index (χ4v) is 3.45. The van der Waals surface area contributed by atoms with Gasteiger partial charge in [0.15, 0.2) is 0 Å². The number of nitrogens with two attached hydrogens (primary N) is 1. The van der Waals surface area contributed by atoms with E-state index >= 15 is 0 Å². The van der Waals surface area contributed by atoms with Crippen molar-refractivity contribution < 1.29 is 14.7 Å². The van der Waals surface area contributed by atoms with Gasteiger partial charge in [-0.1, -0.05) is 53.7 Å². The Hall–Kier alpha value is -4.46. The van der Waals surface area contributed by atoms with E-state index in [1.165, 1.54) is 0 Å². The predicted octanol–water partition coefficient (Wildman–Crippen LogP) is 3.85. The molecule has 0 atom stereocenters. The Morgan fingerprint density at radius 1 is 0.970 bits per heavy atom. The standard InChI is InChI=1S/C25H23N5O3/c26-22-11-9-19(18-6-2-1-3-7-18)14-23(22)27-24(31)12-10-21-16-30(29-28-21)15-17-5-4-8-20(13-17)25(32)33/h1-9,11,13-14,16H,10,12,15,26H2,(H,27,31)(H,32,33). The third-order valence-corrected chi connectivity index (χ3v) is 5.15. The minimum Gasteiger partial charge on any atom is -0.478 e. The summed E-state index contributed by atoms with van der Waals surface area (Å²) in [5.41, 5.74) is 10.8. The molecule has 0 aliphatic rings. The topological polar surface area (TPSA) is 123 Å². The number of aryl methyl sites for hydroxylation is 1. The Balaban J connectivity index is 1.35. The molecule has 33 heavy (non-hydrogen) atoms. The number of hydrogen-bond donors (Lipinski definition) is 3. The lowest BCUT2D eigenvalue weighted by atomic mass is 10.0. The first-order valence-corrected chi connectivity index (χ1v) is 10.4. The first-order valence-electron chi connectivity index (χ1n) is 10.4. The molecule has 4 N–H and O–H groups in total. The van der Waals surface area contributed by atoms with Gasteiger partial charge in [-0.25, -0.2) is 9.48 Å². The molecule has 4 aromatic rings. The summed E-state index contributed by atoms with van der Waals surface area (Å²) in [5.74, 6) is -1.15. The maximum atomic E-state index is 12.5. The van der Waals surface area contributed by atoms with Gasteiger partial charge in [0, 0.05) is 19.0 Å². The van der Waals surface area contributed by atoms with Crippen LogP contribution in [0.15, 0.2) is 79.0 Å². The molecule has 0 fully saturated rings. The van der Waals surface area contributed by atoms with E-state index in [0.29, 0.717) is 30.0 Å². The Labute approximate surface area is 190 Å². The number of nitrogens with one attached hydrogen (secondary N) is 1. The van der Waals surface area contributed by atoms with Crippen molar-refractivity contribution in [2.24, 2.45) is 0 Å². The van der Waals surface area contributed by atoms with E-state index in [9.17, 15) is 9.59 Å². The smallest absolute Gasteiger partial charge is 0.335 e. The van der Waals surface area contributed by atoms with Gasteiger partial charge < -0.3 is 16.2 Å². The minimum atomic E-state index is -0.975. The van der Waals surface area contributed by atoms with Crippen LogP contribution in [-0.4, -0.2) is 32.0 Å². The van der Waals surface area contributed by atoms with Crippen molar-refractivity contribution >= 4 is 23.3 Å². The highest BCUT2D eigenvalue weighted by Crippen LogP contribution is 2.27. The summed E-state index contributed by atoms with van der Waals surface area (Å²) in [7, 11) is 0. The van der Waals surface area contributed by atoms with E-state index in [1.54, 1.807) is 35.1 Å². The second-order valence-corrected chi connectivity index (χ2v) is 7.63. The molecule has 3 aromatic carbocycles. The number of hydrogen-bond acceptors (Lipinski definition) is 5. The summed E-state index contributed by atoms with van der Waals surface area (Å²) in [6.45, 7) is 0.392. The molecule has 8 heteroatoms. The predicted molar refractivity (Wildman–Crippen MR) is 126 cm³/mol. The van der Waals surface area contributed by atoms with Crippen molar-refractivity contribution in [3.8, 4) is 11.1 Å². The van der Waals surface area contributed by atoms with Gasteiger partial charge in [-0.15, -0.1) is 5.10 Å². The fourth-order valence-electron chi connectivity index (χ4n) is 3.45. The average molecular weight is 441 g/mol. The van der Waals surface area contributed by atoms with Crippen LogP contribution in [0.5, 0.6) is 0 Å². The lowest BCUT2D eigenvalue weighted by Crippen LogP contribution is -2.13. The zero-order valence-corrected chi connectivity index (χ0v) is 17.8. The largest absolute Gasteiger partial charge is 0.478 e. The van der Waals surface area contributed by atoms with Crippen LogP contribution >= 0.6 is 0 Å². The molecular weight excluding hydrogens is 418 g/mol. The molecule has 166 valence electrons. The quantitative estimate of drug-likeness (QED) is 0.357. The summed E-state index contributed by atoms with van der Waals surface area (Å²) in [6, 6.07) is 22.1. The van der Waals surface area contributed by atoms with Crippen LogP contribution in [0.3, 0.4) is 0 Å². The first kappa shape index (κ1) is 21.8. The number of aromatic carboxylic acids is 1. The number of anilines is 2. The highest BCUT2D eigenvalue weighted by Gasteiger charge is 2.10. The molecule has 0 saturated heterocycles. The highest BCUT2D eigenvalue weighted by atomic mass is 16.4. The van der Waals surface area contributed by atoms with E-state index in [0.717, 1.165) is 16.7 Å². The number of amides is 1. The van der Waals surface area contributed by atoms with E-state index in [4.69, 9.17) is 10.8 Å². The maximum Gasteiger partial charge on any atom is 0.335 e. The average Bonchev–Trinajstić information content (AvgIpc) is 3.27. The molecule has 1 aromatic heterocycles. The Morgan fingerprint density at radius 2 is 1.79 bits per heavy atom. The molecule has 0 unspecified atom stereocenters. The van der Waals surface area contributed by atoms with Crippen LogP contribution in [0.4, 0.5) is 11.4 Å². The molecule has 0 aliphatic carbocycles. The second kappa shape index (κ2) is 9.78. The molecule has 0 bridgehead atoms. The van der Waals surface area contributed by atoms with Gasteiger partial charge >= 0.3 is 5.97 Å². The number of carbonyl (C=O) groups excluding carboxylic acids is 1. The lowest BCUT2D eigenvalue weighted by molar-refractivity contribution is -0.116. The normalized spacial score (nSPS) is 10.7. The summed E-state index contributed by atoms with van der Waals surface area (Å²) in [4.78, 5) is 23.6. The molecule has 1 heterocycles. The fraction of sp³-hybridized carbons (Fsp3) is 0.120. The molecule has 8 nitrogen and oxygen atoms in total. The van der Waals surface area contributed by atoms with Crippen LogP contribution in [-0.2, 0) is 17.8 Å². The van der Waals surface area contributed by atoms with Gasteiger partial charge in [0.2, 0.25) is 5.91 Å². The number of nitrogens with zero attached hydrogens (tertiary/aromatic N) is 3. The van der Waals surface area contributed by atoms with E-state index in [1.807, 2.05) is 48.5 Å². The van der Waals surface area contributed by atoms with E-state index in [2.05, 4.69) is 15.6 Å². The number of rotatable bonds is 8. The maximum absolute atomic E-state index is 12.5. The molecule has 0 saturated carbocycles. The molecule has 0 spiro atoms. The monoisotopic (exact) mass is 441 g/mol. The second-order valence-electron chi connectivity index (χ2n) is 7.63. The summed E-state index contributed by atoms with van der Waals surface area (Å²) >= 11 is 0. The van der Waals surface area contributed by atoms with Crippen LogP contribution < -0.4 is 11.1 Å². The number of carboxylic acid groups (broad SMARTS) is 1. The Morgan fingerprint density at radius 3 is 2.58 bits per heavy atom. The van der Waals surface area contributed by atoms with Gasteiger partial charge in [0.05, 0.1) is 29.2 Å². The summed E-state index contributed by atoms with van der Waals surface area (Å²) in [5, 5.41) is 20.2. The van der Waals surface area contributed by atoms with Gasteiger partial charge in [-0.2, -0.15) is 0 Å². The number of nitrogen functional groups attached to an aromatic ring is 1. The van der Waals surface area contributed by atoms with Gasteiger partial charge in [-0.05, 0) is 41.0 Å². The van der Waals surface area contributed by atoms with Crippen molar-refractivity contribution in [1.29, 1.82) is 0 Å². The molecule has 0 aliphatic heterocycles. The number of benzene rings is 3. The van der Waals surface area contributed by atoms with Crippen LogP contribution in [0.1, 0.15) is 28.0 Å². The third kappa shape index (κ3) is 5.62. The zero-order chi connectivity index (χ0) is 23.2. The van der Waals surface area contributed by atoms with Crippen molar-refractivity contribution in [3.63, 3.8) is 0 Å². The van der Waals surface area contributed by atoms with E-state index in [-0.39, 0.29) is 17.9 Å². The van der Waals surface area contributed by atoms with Gasteiger partial charge in [0.1, 0.15) is 0 Å². The Kier molecular flexibility index (Phi) is 6.45. The highest BCUT2D eigenvalue weighted by molar-refractivity contribution is 5.95. The van der Waals surface area contributed by atoms with Crippen molar-refractivity contribution in [3.05, 3.63) is 95.8 Å². The molecule has 1 amide bonds. The van der Waals surface area contributed by atoms with E-state index < -0.39 is 5.97 Å².